The first-order chi connectivity index (χ1) is 5.70. The molecule has 1 aromatic carbocycles. The number of benzene rings is 1. The van der Waals surface area contributed by atoms with Crippen molar-refractivity contribution in [3.05, 3.63) is 42.5 Å². The molecule has 0 heterocycles. The number of allylic oxidation sites excluding steroid dienone is 1. The molecule has 0 bridgehead atoms. The van der Waals surface area contributed by atoms with Gasteiger partial charge in [-0.15, -0.1) is 11.6 Å². The molecular formula is C11H13Cl. The SMILES string of the molecule is C=C(CC(C)Cl)c1ccccc1. The molecule has 0 N–H and O–H groups in total. The molecular weight excluding hydrogens is 168 g/mol. The maximum atomic E-state index is 5.86. The van der Waals surface area contributed by atoms with Crippen molar-refractivity contribution in [1.82, 2.24) is 0 Å². The van der Waals surface area contributed by atoms with Crippen LogP contribution in [-0.2, 0) is 0 Å². The summed E-state index contributed by atoms with van der Waals surface area (Å²) in [5.74, 6) is 0. The van der Waals surface area contributed by atoms with Crippen molar-refractivity contribution >= 4 is 17.2 Å². The lowest BCUT2D eigenvalue weighted by atomic mass is 10.0. The van der Waals surface area contributed by atoms with Gasteiger partial charge in [0.15, 0.2) is 0 Å². The summed E-state index contributed by atoms with van der Waals surface area (Å²) in [5, 5.41) is 0.165. The molecule has 0 aliphatic rings. The summed E-state index contributed by atoms with van der Waals surface area (Å²) >= 11 is 5.86. The highest BCUT2D eigenvalue weighted by Gasteiger charge is 2.01. The highest BCUT2D eigenvalue weighted by Crippen LogP contribution is 2.19. The van der Waals surface area contributed by atoms with Crippen molar-refractivity contribution in [3.8, 4) is 0 Å². The molecule has 64 valence electrons. The van der Waals surface area contributed by atoms with Crippen molar-refractivity contribution in [3.63, 3.8) is 0 Å². The van der Waals surface area contributed by atoms with Crippen LogP contribution in [-0.4, -0.2) is 5.38 Å². The highest BCUT2D eigenvalue weighted by atomic mass is 35.5. The van der Waals surface area contributed by atoms with E-state index >= 15 is 0 Å². The van der Waals surface area contributed by atoms with Crippen LogP contribution in [0.2, 0.25) is 0 Å². The van der Waals surface area contributed by atoms with Gasteiger partial charge in [-0.3, -0.25) is 0 Å². The van der Waals surface area contributed by atoms with Crippen molar-refractivity contribution in [2.24, 2.45) is 0 Å². The Morgan fingerprint density at radius 3 is 2.50 bits per heavy atom. The quantitative estimate of drug-likeness (QED) is 0.622. The van der Waals surface area contributed by atoms with E-state index in [9.17, 15) is 0 Å². The van der Waals surface area contributed by atoms with E-state index in [4.69, 9.17) is 11.6 Å². The van der Waals surface area contributed by atoms with Gasteiger partial charge in [-0.1, -0.05) is 36.9 Å². The van der Waals surface area contributed by atoms with Crippen molar-refractivity contribution < 1.29 is 0 Å². The molecule has 0 fully saturated rings. The molecule has 1 rings (SSSR count). The van der Waals surface area contributed by atoms with Crippen LogP contribution >= 0.6 is 11.6 Å². The lowest BCUT2D eigenvalue weighted by Crippen LogP contribution is -1.92. The van der Waals surface area contributed by atoms with Crippen molar-refractivity contribution in [2.75, 3.05) is 0 Å². The maximum absolute atomic E-state index is 5.86. The van der Waals surface area contributed by atoms with Gasteiger partial charge in [0.25, 0.3) is 0 Å². The third-order valence-electron chi connectivity index (χ3n) is 1.71. The van der Waals surface area contributed by atoms with E-state index in [1.165, 1.54) is 5.56 Å². The molecule has 1 atom stereocenters. The largest absolute Gasteiger partial charge is 0.123 e. The number of alkyl halides is 1. The molecule has 0 saturated heterocycles. The molecule has 0 aromatic heterocycles. The standard InChI is InChI=1S/C11H13Cl/c1-9(8-10(2)12)11-6-4-3-5-7-11/h3-7,10H,1,8H2,2H3. The minimum Gasteiger partial charge on any atom is -0.123 e. The molecule has 0 amide bonds. The Kier molecular flexibility index (Phi) is 3.36. The Morgan fingerprint density at radius 1 is 1.42 bits per heavy atom. The van der Waals surface area contributed by atoms with Crippen LogP contribution in [0.5, 0.6) is 0 Å². The average Bonchev–Trinajstić information content (AvgIpc) is 2.05. The normalized spacial score (nSPS) is 12.5. The Bertz CT molecular complexity index is 249. The Labute approximate surface area is 78.9 Å². The van der Waals surface area contributed by atoms with Gasteiger partial charge in [0.1, 0.15) is 0 Å². The van der Waals surface area contributed by atoms with Crippen molar-refractivity contribution in [1.29, 1.82) is 0 Å². The summed E-state index contributed by atoms with van der Waals surface area (Å²) in [6.45, 7) is 5.96. The topological polar surface area (TPSA) is 0 Å². The van der Waals surface area contributed by atoms with E-state index in [-0.39, 0.29) is 5.38 Å². The number of hydrogen-bond donors (Lipinski definition) is 0. The molecule has 1 aromatic rings. The van der Waals surface area contributed by atoms with Crippen molar-refractivity contribution in [2.45, 2.75) is 18.7 Å². The summed E-state index contributed by atoms with van der Waals surface area (Å²) in [6.07, 6.45) is 0.853. The summed E-state index contributed by atoms with van der Waals surface area (Å²) in [7, 11) is 0. The minimum atomic E-state index is 0.165. The molecule has 0 aliphatic carbocycles. The number of rotatable bonds is 3. The zero-order valence-electron chi connectivity index (χ0n) is 7.26. The van der Waals surface area contributed by atoms with E-state index < -0.39 is 0 Å². The lowest BCUT2D eigenvalue weighted by molar-refractivity contribution is 0.985. The Morgan fingerprint density at radius 2 is 2.00 bits per heavy atom. The van der Waals surface area contributed by atoms with E-state index in [1.807, 2.05) is 25.1 Å². The van der Waals surface area contributed by atoms with Gasteiger partial charge in [-0.05, 0) is 24.5 Å². The molecule has 12 heavy (non-hydrogen) atoms. The van der Waals surface area contributed by atoms with E-state index in [0.717, 1.165) is 12.0 Å². The second-order valence-electron chi connectivity index (χ2n) is 2.95. The van der Waals surface area contributed by atoms with Crippen LogP contribution in [0.25, 0.3) is 5.57 Å². The van der Waals surface area contributed by atoms with Gasteiger partial charge in [-0.2, -0.15) is 0 Å². The van der Waals surface area contributed by atoms with Gasteiger partial charge < -0.3 is 0 Å². The molecule has 0 saturated carbocycles. The average molecular weight is 181 g/mol. The summed E-state index contributed by atoms with van der Waals surface area (Å²) in [4.78, 5) is 0. The smallest absolute Gasteiger partial charge is 0.0348 e. The van der Waals surface area contributed by atoms with Gasteiger partial charge in [0.2, 0.25) is 0 Å². The number of hydrogen-bond acceptors (Lipinski definition) is 0. The second kappa shape index (κ2) is 4.32. The van der Waals surface area contributed by atoms with E-state index in [2.05, 4.69) is 18.7 Å². The van der Waals surface area contributed by atoms with Gasteiger partial charge in [-0.25, -0.2) is 0 Å². The molecule has 0 aliphatic heterocycles. The molecule has 1 unspecified atom stereocenters. The summed E-state index contributed by atoms with van der Waals surface area (Å²) in [6, 6.07) is 10.1. The van der Waals surface area contributed by atoms with Crippen LogP contribution in [0.4, 0.5) is 0 Å². The summed E-state index contributed by atoms with van der Waals surface area (Å²) < 4.78 is 0. The van der Waals surface area contributed by atoms with Gasteiger partial charge in [0.05, 0.1) is 0 Å². The van der Waals surface area contributed by atoms with Crippen LogP contribution in [0, 0.1) is 0 Å². The van der Waals surface area contributed by atoms with Crippen LogP contribution in [0.1, 0.15) is 18.9 Å². The zero-order chi connectivity index (χ0) is 8.97. The van der Waals surface area contributed by atoms with E-state index in [1.54, 1.807) is 0 Å². The van der Waals surface area contributed by atoms with Crippen LogP contribution < -0.4 is 0 Å². The molecule has 0 spiro atoms. The first kappa shape index (κ1) is 9.34. The second-order valence-corrected chi connectivity index (χ2v) is 3.70. The summed E-state index contributed by atoms with van der Waals surface area (Å²) in [5.41, 5.74) is 2.29. The van der Waals surface area contributed by atoms with Gasteiger partial charge in [0, 0.05) is 5.38 Å². The first-order valence-electron chi connectivity index (χ1n) is 4.07. The predicted octanol–water partition coefficient (Wildman–Crippen LogP) is 3.72. The fraction of sp³-hybridized carbons (Fsp3) is 0.273. The molecule has 1 heteroatoms. The zero-order valence-corrected chi connectivity index (χ0v) is 8.01. The lowest BCUT2D eigenvalue weighted by Gasteiger charge is -2.06. The Hall–Kier alpha value is -0.750. The minimum absolute atomic E-state index is 0.165. The maximum Gasteiger partial charge on any atom is 0.0348 e. The fourth-order valence-electron chi connectivity index (χ4n) is 1.13. The van der Waals surface area contributed by atoms with E-state index in [0.29, 0.717) is 0 Å². The Balaban J connectivity index is 2.66. The molecule has 0 radical (unpaired) electrons. The third kappa shape index (κ3) is 2.71. The fourth-order valence-corrected chi connectivity index (χ4v) is 1.32. The monoisotopic (exact) mass is 180 g/mol. The van der Waals surface area contributed by atoms with Crippen LogP contribution in [0.3, 0.4) is 0 Å². The first-order valence-corrected chi connectivity index (χ1v) is 4.51. The van der Waals surface area contributed by atoms with Gasteiger partial charge >= 0.3 is 0 Å². The third-order valence-corrected chi connectivity index (χ3v) is 1.86. The predicted molar refractivity (Wildman–Crippen MR) is 55.4 cm³/mol. The molecule has 0 nitrogen and oxygen atoms in total. The van der Waals surface area contributed by atoms with Crippen LogP contribution in [0.15, 0.2) is 36.9 Å². The number of halogens is 1. The highest BCUT2D eigenvalue weighted by molar-refractivity contribution is 6.20.